The third-order valence-electron chi connectivity index (χ3n) is 5.23. The highest BCUT2D eigenvalue weighted by molar-refractivity contribution is 6.30. The Bertz CT molecular complexity index is 1190. The lowest BCUT2D eigenvalue weighted by Crippen LogP contribution is -2.22. The third kappa shape index (κ3) is 7.27. The van der Waals surface area contributed by atoms with Crippen molar-refractivity contribution in [1.29, 1.82) is 0 Å². The largest absolute Gasteiger partial charge is 0.372 e. The van der Waals surface area contributed by atoms with Crippen LogP contribution < -0.4 is 5.32 Å². The van der Waals surface area contributed by atoms with Gasteiger partial charge in [-0.15, -0.1) is 0 Å². The van der Waals surface area contributed by atoms with Crippen LogP contribution in [0.15, 0.2) is 83.4 Å². The van der Waals surface area contributed by atoms with Crippen LogP contribution in [0.4, 0.5) is 0 Å². The second-order valence-corrected chi connectivity index (χ2v) is 8.38. The zero-order chi connectivity index (χ0) is 23.6. The molecule has 1 aromatic heterocycles. The summed E-state index contributed by atoms with van der Waals surface area (Å²) in [7, 11) is 0. The van der Waals surface area contributed by atoms with Crippen LogP contribution in [-0.2, 0) is 35.7 Å². The summed E-state index contributed by atoms with van der Waals surface area (Å²) in [5.41, 5.74) is 4.10. The van der Waals surface area contributed by atoms with Gasteiger partial charge in [-0.05, 0) is 47.4 Å². The number of aromatic nitrogens is 2. The van der Waals surface area contributed by atoms with Crippen molar-refractivity contribution >= 4 is 17.5 Å². The van der Waals surface area contributed by atoms with Crippen LogP contribution in [0.2, 0.25) is 5.02 Å². The van der Waals surface area contributed by atoms with Gasteiger partial charge in [0.2, 0.25) is 17.6 Å². The number of halogens is 1. The van der Waals surface area contributed by atoms with Crippen LogP contribution in [0.5, 0.6) is 0 Å². The first-order valence-corrected chi connectivity index (χ1v) is 11.6. The average molecular weight is 476 g/mol. The predicted molar refractivity (Wildman–Crippen MR) is 131 cm³/mol. The van der Waals surface area contributed by atoms with Crippen LogP contribution in [-0.4, -0.2) is 16.0 Å². The monoisotopic (exact) mass is 475 g/mol. The number of nitrogens with one attached hydrogen (secondary N) is 1. The Kier molecular flexibility index (Phi) is 8.43. The standard InChI is InChI=1S/C27H26ClN3O3/c28-24-14-12-23(13-15-24)27-30-26(34-31-27)11-5-10-25(32)29-17-21-8-4-9-22(16-21)19-33-18-20-6-2-1-3-7-20/h1-4,6-9,12-16H,5,10-11,17-19H2,(H,29,32). The number of carbonyl (C=O) groups is 1. The van der Waals surface area contributed by atoms with E-state index in [1.54, 1.807) is 12.1 Å². The highest BCUT2D eigenvalue weighted by atomic mass is 35.5. The molecule has 0 saturated carbocycles. The van der Waals surface area contributed by atoms with E-state index in [1.807, 2.05) is 60.7 Å². The summed E-state index contributed by atoms with van der Waals surface area (Å²) < 4.78 is 11.1. The van der Waals surface area contributed by atoms with Gasteiger partial charge in [0.15, 0.2) is 0 Å². The Hall–Kier alpha value is -3.48. The predicted octanol–water partition coefficient (Wildman–Crippen LogP) is 5.75. The Morgan fingerprint density at radius 3 is 2.47 bits per heavy atom. The third-order valence-corrected chi connectivity index (χ3v) is 5.48. The zero-order valence-corrected chi connectivity index (χ0v) is 19.5. The molecule has 34 heavy (non-hydrogen) atoms. The summed E-state index contributed by atoms with van der Waals surface area (Å²) in [6.45, 7) is 1.58. The van der Waals surface area contributed by atoms with Crippen LogP contribution in [0, 0.1) is 0 Å². The van der Waals surface area contributed by atoms with E-state index in [9.17, 15) is 4.79 Å². The fourth-order valence-electron chi connectivity index (χ4n) is 3.45. The van der Waals surface area contributed by atoms with Gasteiger partial charge in [0, 0.05) is 30.0 Å². The minimum atomic E-state index is -0.0110. The molecule has 0 aliphatic carbocycles. The maximum Gasteiger partial charge on any atom is 0.226 e. The van der Waals surface area contributed by atoms with Crippen molar-refractivity contribution in [2.24, 2.45) is 0 Å². The van der Waals surface area contributed by atoms with Gasteiger partial charge in [0.1, 0.15) is 0 Å². The number of benzene rings is 3. The number of rotatable bonds is 11. The molecular formula is C27H26ClN3O3. The molecular weight excluding hydrogens is 450 g/mol. The van der Waals surface area contributed by atoms with Crippen molar-refractivity contribution in [3.8, 4) is 11.4 Å². The van der Waals surface area contributed by atoms with E-state index in [0.717, 1.165) is 22.3 Å². The molecule has 0 bridgehead atoms. The molecule has 4 aromatic rings. The average Bonchev–Trinajstić information content (AvgIpc) is 3.33. The molecule has 6 nitrogen and oxygen atoms in total. The topological polar surface area (TPSA) is 77.2 Å². The van der Waals surface area contributed by atoms with Gasteiger partial charge in [-0.25, -0.2) is 0 Å². The van der Waals surface area contributed by atoms with E-state index in [0.29, 0.717) is 55.8 Å². The molecule has 1 N–H and O–H groups in total. The molecule has 174 valence electrons. The number of ether oxygens (including phenoxy) is 1. The number of carbonyl (C=O) groups excluding carboxylic acids is 1. The number of aryl methyl sites for hydroxylation is 1. The molecule has 7 heteroatoms. The second kappa shape index (κ2) is 12.1. The first kappa shape index (κ1) is 23.7. The number of hydrogen-bond donors (Lipinski definition) is 1. The molecule has 1 heterocycles. The molecule has 0 radical (unpaired) electrons. The number of amides is 1. The van der Waals surface area contributed by atoms with Gasteiger partial charge in [0.25, 0.3) is 0 Å². The maximum atomic E-state index is 12.3. The molecule has 0 aliphatic heterocycles. The van der Waals surface area contributed by atoms with E-state index in [-0.39, 0.29) is 5.91 Å². The molecule has 0 fully saturated rings. The van der Waals surface area contributed by atoms with Crippen LogP contribution in [0.25, 0.3) is 11.4 Å². The quantitative estimate of drug-likeness (QED) is 0.299. The van der Waals surface area contributed by atoms with Gasteiger partial charge < -0.3 is 14.6 Å². The summed E-state index contributed by atoms with van der Waals surface area (Å²) >= 11 is 5.91. The van der Waals surface area contributed by atoms with Gasteiger partial charge in [-0.1, -0.05) is 71.4 Å². The van der Waals surface area contributed by atoms with Crippen molar-refractivity contribution in [1.82, 2.24) is 15.5 Å². The van der Waals surface area contributed by atoms with E-state index >= 15 is 0 Å². The zero-order valence-electron chi connectivity index (χ0n) is 18.7. The Labute approximate surface area is 203 Å². The lowest BCUT2D eigenvalue weighted by Gasteiger charge is -2.08. The molecule has 0 unspecified atom stereocenters. The minimum absolute atomic E-state index is 0.0110. The van der Waals surface area contributed by atoms with E-state index in [4.69, 9.17) is 20.9 Å². The molecule has 0 spiro atoms. The lowest BCUT2D eigenvalue weighted by molar-refractivity contribution is -0.121. The summed E-state index contributed by atoms with van der Waals surface area (Å²) in [6, 6.07) is 25.4. The van der Waals surface area contributed by atoms with Crippen molar-refractivity contribution in [2.45, 2.75) is 39.0 Å². The van der Waals surface area contributed by atoms with Crippen molar-refractivity contribution in [3.63, 3.8) is 0 Å². The highest BCUT2D eigenvalue weighted by Crippen LogP contribution is 2.19. The molecule has 0 saturated heterocycles. The number of nitrogens with zero attached hydrogens (tertiary/aromatic N) is 2. The van der Waals surface area contributed by atoms with Crippen molar-refractivity contribution in [2.75, 3.05) is 0 Å². The molecule has 3 aromatic carbocycles. The fraction of sp³-hybridized carbons (Fsp3) is 0.222. The highest BCUT2D eigenvalue weighted by Gasteiger charge is 2.10. The Morgan fingerprint density at radius 1 is 0.912 bits per heavy atom. The summed E-state index contributed by atoms with van der Waals surface area (Å²) in [4.78, 5) is 16.7. The lowest BCUT2D eigenvalue weighted by atomic mass is 10.1. The molecule has 4 rings (SSSR count). The van der Waals surface area contributed by atoms with Crippen LogP contribution in [0.1, 0.15) is 35.4 Å². The molecule has 0 aliphatic rings. The maximum absolute atomic E-state index is 12.3. The van der Waals surface area contributed by atoms with E-state index in [2.05, 4.69) is 21.5 Å². The molecule has 1 amide bonds. The van der Waals surface area contributed by atoms with Gasteiger partial charge in [-0.3, -0.25) is 4.79 Å². The van der Waals surface area contributed by atoms with Crippen molar-refractivity contribution in [3.05, 3.63) is 106 Å². The van der Waals surface area contributed by atoms with Gasteiger partial charge >= 0.3 is 0 Å². The smallest absolute Gasteiger partial charge is 0.226 e. The minimum Gasteiger partial charge on any atom is -0.372 e. The summed E-state index contributed by atoms with van der Waals surface area (Å²) in [5.74, 6) is 1.02. The first-order valence-electron chi connectivity index (χ1n) is 11.2. The summed E-state index contributed by atoms with van der Waals surface area (Å²) in [5, 5.41) is 7.62. The Morgan fingerprint density at radius 2 is 1.65 bits per heavy atom. The van der Waals surface area contributed by atoms with Crippen LogP contribution in [0.3, 0.4) is 0 Å². The van der Waals surface area contributed by atoms with E-state index in [1.165, 1.54) is 0 Å². The fourth-order valence-corrected chi connectivity index (χ4v) is 3.58. The van der Waals surface area contributed by atoms with Crippen LogP contribution >= 0.6 is 11.6 Å². The second-order valence-electron chi connectivity index (χ2n) is 7.95. The first-order chi connectivity index (χ1) is 16.7. The van der Waals surface area contributed by atoms with Crippen molar-refractivity contribution < 1.29 is 14.1 Å². The van der Waals surface area contributed by atoms with Gasteiger partial charge in [0.05, 0.1) is 13.2 Å². The van der Waals surface area contributed by atoms with Gasteiger partial charge in [-0.2, -0.15) is 4.98 Å². The normalized spacial score (nSPS) is 10.9. The van der Waals surface area contributed by atoms with E-state index < -0.39 is 0 Å². The SMILES string of the molecule is O=C(CCCc1nc(-c2ccc(Cl)cc2)no1)NCc1cccc(COCc2ccccc2)c1. The number of hydrogen-bond acceptors (Lipinski definition) is 5. The summed E-state index contributed by atoms with van der Waals surface area (Å²) in [6.07, 6.45) is 1.56. The Balaban J connectivity index is 1.16. The molecule has 0 atom stereocenters.